The molecule has 0 spiro atoms. The average molecular weight is 294 g/mol. The smallest absolute Gasteiger partial charge is 0.225 e. The molecule has 3 heteroatoms. The predicted molar refractivity (Wildman–Crippen MR) is 88.2 cm³/mol. The Balaban J connectivity index is 2.00. The van der Waals surface area contributed by atoms with Gasteiger partial charge in [0.05, 0.1) is 0 Å². The monoisotopic (exact) mass is 294 g/mol. The van der Waals surface area contributed by atoms with Crippen LogP contribution in [0.15, 0.2) is 0 Å². The van der Waals surface area contributed by atoms with Crippen LogP contribution in [0.3, 0.4) is 0 Å². The quantitative estimate of drug-likeness (QED) is 0.865. The molecule has 1 N–H and O–H groups in total. The first-order chi connectivity index (χ1) is 9.77. The Kier molecular flexibility index (Phi) is 5.34. The minimum Gasteiger partial charge on any atom is -0.352 e. The Bertz CT molecular complexity index is 353. The van der Waals surface area contributed by atoms with Crippen LogP contribution in [0.5, 0.6) is 0 Å². The number of amides is 1. The molecule has 2 unspecified atom stereocenters. The highest BCUT2D eigenvalue weighted by Crippen LogP contribution is 2.31. The first kappa shape index (κ1) is 16.8. The molecule has 21 heavy (non-hydrogen) atoms. The van der Waals surface area contributed by atoms with Crippen molar-refractivity contribution in [3.8, 4) is 0 Å². The maximum absolute atomic E-state index is 12.3. The third-order valence-corrected chi connectivity index (χ3v) is 5.31. The fraction of sp³-hybridized carbons (Fsp3) is 0.944. The summed E-state index contributed by atoms with van der Waals surface area (Å²) in [7, 11) is 0. The van der Waals surface area contributed by atoms with Crippen LogP contribution in [0.1, 0.15) is 66.7 Å². The van der Waals surface area contributed by atoms with Crippen LogP contribution < -0.4 is 5.32 Å². The molecular weight excluding hydrogens is 260 g/mol. The summed E-state index contributed by atoms with van der Waals surface area (Å²) in [6.45, 7) is 12.9. The Labute approximate surface area is 130 Å². The van der Waals surface area contributed by atoms with Gasteiger partial charge >= 0.3 is 0 Å². The first-order valence-electron chi connectivity index (χ1n) is 8.82. The fourth-order valence-electron chi connectivity index (χ4n) is 3.73. The second-order valence-electron chi connectivity index (χ2n) is 8.55. The van der Waals surface area contributed by atoms with Crippen molar-refractivity contribution in [2.45, 2.75) is 78.8 Å². The summed E-state index contributed by atoms with van der Waals surface area (Å²) in [5.41, 5.74) is -0.289. The van der Waals surface area contributed by atoms with Crippen molar-refractivity contribution in [2.24, 2.45) is 17.3 Å². The van der Waals surface area contributed by atoms with E-state index in [0.717, 1.165) is 19.0 Å². The van der Waals surface area contributed by atoms with E-state index in [4.69, 9.17) is 0 Å². The summed E-state index contributed by atoms with van der Waals surface area (Å²) >= 11 is 0. The first-order valence-corrected chi connectivity index (χ1v) is 8.82. The summed E-state index contributed by atoms with van der Waals surface area (Å²) in [6, 6.07) is 1.10. The molecule has 0 aromatic rings. The summed E-state index contributed by atoms with van der Waals surface area (Å²) in [6.07, 6.45) is 6.61. The lowest BCUT2D eigenvalue weighted by Gasteiger charge is -2.43. The Morgan fingerprint density at radius 1 is 1.14 bits per heavy atom. The van der Waals surface area contributed by atoms with Gasteiger partial charge in [0, 0.05) is 30.6 Å². The van der Waals surface area contributed by atoms with Gasteiger partial charge in [0.1, 0.15) is 0 Å². The SMILES string of the molecule is CC(C)C1CC(NC(=O)C(C)(C)C)CN(C2CCCC2)C1. The number of nitrogens with one attached hydrogen (secondary N) is 1. The zero-order valence-corrected chi connectivity index (χ0v) is 14.6. The number of piperidine rings is 1. The summed E-state index contributed by atoms with van der Waals surface area (Å²) < 4.78 is 0. The van der Waals surface area contributed by atoms with Gasteiger partial charge in [-0.1, -0.05) is 47.5 Å². The van der Waals surface area contributed by atoms with E-state index in [-0.39, 0.29) is 11.3 Å². The molecule has 0 aromatic carbocycles. The number of hydrogen-bond acceptors (Lipinski definition) is 2. The third-order valence-electron chi connectivity index (χ3n) is 5.31. The van der Waals surface area contributed by atoms with Gasteiger partial charge in [-0.05, 0) is 31.1 Å². The normalized spacial score (nSPS) is 29.0. The molecule has 1 heterocycles. The molecule has 1 aliphatic carbocycles. The molecule has 122 valence electrons. The van der Waals surface area contributed by atoms with Crippen LogP contribution in [-0.2, 0) is 4.79 Å². The zero-order chi connectivity index (χ0) is 15.6. The molecule has 0 aromatic heterocycles. The number of carbonyl (C=O) groups excluding carboxylic acids is 1. The van der Waals surface area contributed by atoms with Crippen molar-refractivity contribution in [3.05, 3.63) is 0 Å². The number of rotatable bonds is 3. The van der Waals surface area contributed by atoms with Gasteiger partial charge in [-0.15, -0.1) is 0 Å². The molecule has 1 saturated heterocycles. The van der Waals surface area contributed by atoms with Crippen molar-refractivity contribution >= 4 is 5.91 Å². The van der Waals surface area contributed by atoms with Crippen LogP contribution in [0.25, 0.3) is 0 Å². The average Bonchev–Trinajstić information content (AvgIpc) is 2.91. The van der Waals surface area contributed by atoms with Gasteiger partial charge in [0.15, 0.2) is 0 Å². The van der Waals surface area contributed by atoms with E-state index in [9.17, 15) is 4.79 Å². The van der Waals surface area contributed by atoms with Gasteiger partial charge in [-0.2, -0.15) is 0 Å². The molecule has 0 bridgehead atoms. The van der Waals surface area contributed by atoms with Crippen molar-refractivity contribution < 1.29 is 4.79 Å². The van der Waals surface area contributed by atoms with Crippen LogP contribution in [0.4, 0.5) is 0 Å². The maximum Gasteiger partial charge on any atom is 0.225 e. The molecule has 2 fully saturated rings. The summed E-state index contributed by atoms with van der Waals surface area (Å²) in [5, 5.41) is 3.32. The predicted octanol–water partition coefficient (Wildman–Crippen LogP) is 3.44. The van der Waals surface area contributed by atoms with Gasteiger partial charge < -0.3 is 5.32 Å². The minimum absolute atomic E-state index is 0.197. The highest BCUT2D eigenvalue weighted by molar-refractivity contribution is 5.81. The molecule has 2 atom stereocenters. The maximum atomic E-state index is 12.3. The van der Waals surface area contributed by atoms with Crippen LogP contribution in [-0.4, -0.2) is 36.0 Å². The molecule has 1 aliphatic heterocycles. The highest BCUT2D eigenvalue weighted by atomic mass is 16.2. The Morgan fingerprint density at radius 3 is 2.29 bits per heavy atom. The van der Waals surface area contributed by atoms with E-state index in [1.54, 1.807) is 0 Å². The molecule has 1 saturated carbocycles. The third kappa shape index (κ3) is 4.45. The second-order valence-corrected chi connectivity index (χ2v) is 8.55. The number of hydrogen-bond donors (Lipinski definition) is 1. The van der Waals surface area contributed by atoms with E-state index in [1.165, 1.54) is 32.2 Å². The molecule has 1 amide bonds. The molecular formula is C18H34N2O. The van der Waals surface area contributed by atoms with Crippen molar-refractivity contribution in [3.63, 3.8) is 0 Å². The molecule has 2 rings (SSSR count). The van der Waals surface area contributed by atoms with E-state index in [0.29, 0.717) is 17.9 Å². The number of likely N-dealkylation sites (tertiary alicyclic amines) is 1. The highest BCUT2D eigenvalue weighted by Gasteiger charge is 2.35. The Morgan fingerprint density at radius 2 is 1.76 bits per heavy atom. The van der Waals surface area contributed by atoms with Gasteiger partial charge in [-0.3, -0.25) is 9.69 Å². The summed E-state index contributed by atoms with van der Waals surface area (Å²) in [5.74, 6) is 1.61. The van der Waals surface area contributed by atoms with Crippen molar-refractivity contribution in [1.29, 1.82) is 0 Å². The van der Waals surface area contributed by atoms with Gasteiger partial charge in [-0.25, -0.2) is 0 Å². The van der Waals surface area contributed by atoms with Crippen LogP contribution in [0.2, 0.25) is 0 Å². The largest absolute Gasteiger partial charge is 0.352 e. The summed E-state index contributed by atoms with van der Waals surface area (Å²) in [4.78, 5) is 15.0. The lowest BCUT2D eigenvalue weighted by Crippen LogP contribution is -2.55. The number of carbonyl (C=O) groups is 1. The fourth-order valence-corrected chi connectivity index (χ4v) is 3.73. The minimum atomic E-state index is -0.289. The Hall–Kier alpha value is -0.570. The van der Waals surface area contributed by atoms with E-state index in [2.05, 4.69) is 24.1 Å². The molecule has 2 aliphatic rings. The van der Waals surface area contributed by atoms with E-state index in [1.807, 2.05) is 20.8 Å². The second kappa shape index (κ2) is 6.68. The topological polar surface area (TPSA) is 32.3 Å². The zero-order valence-electron chi connectivity index (χ0n) is 14.6. The van der Waals surface area contributed by atoms with Gasteiger partial charge in [0.2, 0.25) is 5.91 Å². The van der Waals surface area contributed by atoms with E-state index < -0.39 is 0 Å². The lowest BCUT2D eigenvalue weighted by atomic mass is 9.84. The van der Waals surface area contributed by atoms with Crippen molar-refractivity contribution in [1.82, 2.24) is 10.2 Å². The molecule has 3 nitrogen and oxygen atoms in total. The van der Waals surface area contributed by atoms with Crippen LogP contribution in [0, 0.1) is 17.3 Å². The standard InChI is InChI=1S/C18H34N2O/c1-13(2)14-10-15(19-17(21)18(3,4)5)12-20(11-14)16-8-6-7-9-16/h13-16H,6-12H2,1-5H3,(H,19,21). The van der Waals surface area contributed by atoms with Crippen LogP contribution >= 0.6 is 0 Å². The lowest BCUT2D eigenvalue weighted by molar-refractivity contribution is -0.130. The van der Waals surface area contributed by atoms with Crippen molar-refractivity contribution in [2.75, 3.05) is 13.1 Å². The van der Waals surface area contributed by atoms with E-state index >= 15 is 0 Å². The molecule has 0 radical (unpaired) electrons. The number of nitrogens with zero attached hydrogens (tertiary/aromatic N) is 1. The van der Waals surface area contributed by atoms with Gasteiger partial charge in [0.25, 0.3) is 0 Å².